The fraction of sp³-hybridized carbons (Fsp3) is 0.750. The van der Waals surface area contributed by atoms with Crippen LogP contribution in [0.2, 0.25) is 0 Å². The van der Waals surface area contributed by atoms with Crippen molar-refractivity contribution in [3.05, 3.63) is 0 Å². The summed E-state index contributed by atoms with van der Waals surface area (Å²) in [6.45, 7) is -1.04. The first-order valence-electron chi connectivity index (χ1n) is 4.52. The maximum Gasteiger partial charge on any atom is 0.317 e. The van der Waals surface area contributed by atoms with Crippen molar-refractivity contribution in [1.82, 2.24) is 0 Å². The van der Waals surface area contributed by atoms with E-state index in [-0.39, 0.29) is 12.8 Å². The molecule has 0 amide bonds. The number of aliphatic hydroxyl groups excluding tert-OH is 5. The fourth-order valence-corrected chi connectivity index (χ4v) is 0.618. The summed E-state index contributed by atoms with van der Waals surface area (Å²) in [7, 11) is 0. The number of hydrogen-bond acceptors (Lipinski definition) is 8. The molecule has 0 heterocycles. The lowest BCUT2D eigenvalue weighted by Gasteiger charge is -2.22. The van der Waals surface area contributed by atoms with E-state index in [4.69, 9.17) is 30.6 Å². The molecule has 0 saturated heterocycles. The minimum Gasteiger partial charge on any atom is -0.480 e. The Kier molecular flexibility index (Phi) is 10.8. The van der Waals surface area contributed by atoms with Gasteiger partial charge in [-0.15, -0.1) is 0 Å². The van der Waals surface area contributed by atoms with Crippen molar-refractivity contribution in [2.24, 2.45) is 5.73 Å². The van der Waals surface area contributed by atoms with Crippen molar-refractivity contribution in [3.63, 3.8) is 0 Å². The standard InChI is InChI=1S/C6H12O6.C2H5NO2/c7-1-3(9)5(11)6(12)4(10)2-8;3-1-2(4)5/h1,3-6,8-12H,2H2;1,3H2,(H,4,5). The van der Waals surface area contributed by atoms with Crippen LogP contribution in [0.1, 0.15) is 0 Å². The average molecular weight is 255 g/mol. The number of carbonyl (C=O) groups is 2. The highest BCUT2D eigenvalue weighted by Crippen LogP contribution is 2.02. The normalized spacial score (nSPS) is 17.1. The Bertz CT molecular complexity index is 224. The predicted molar refractivity (Wildman–Crippen MR) is 53.9 cm³/mol. The number of nitrogens with two attached hydrogens (primary N) is 1. The van der Waals surface area contributed by atoms with Crippen LogP contribution in [0.4, 0.5) is 0 Å². The second-order valence-corrected chi connectivity index (χ2v) is 2.96. The lowest BCUT2D eigenvalue weighted by Crippen LogP contribution is -2.46. The van der Waals surface area contributed by atoms with E-state index < -0.39 is 37.0 Å². The van der Waals surface area contributed by atoms with Crippen LogP contribution in [-0.2, 0) is 9.59 Å². The van der Waals surface area contributed by atoms with E-state index in [1.807, 2.05) is 0 Å². The molecule has 0 saturated carbocycles. The Morgan fingerprint density at radius 1 is 1.18 bits per heavy atom. The smallest absolute Gasteiger partial charge is 0.317 e. The zero-order chi connectivity index (χ0) is 14.0. The summed E-state index contributed by atoms with van der Waals surface area (Å²) in [4.78, 5) is 19.1. The Hall–Kier alpha value is -1.10. The number of carboxylic acids is 1. The monoisotopic (exact) mass is 255 g/mol. The first-order valence-corrected chi connectivity index (χ1v) is 4.52. The average Bonchev–Trinajstić information content (AvgIpc) is 2.35. The van der Waals surface area contributed by atoms with Gasteiger partial charge in [0.25, 0.3) is 0 Å². The molecular formula is C8H17NO8. The molecule has 0 rings (SSSR count). The van der Waals surface area contributed by atoms with E-state index in [0.29, 0.717) is 0 Å². The number of carbonyl (C=O) groups excluding carboxylic acids is 1. The second kappa shape index (κ2) is 10.1. The molecule has 4 atom stereocenters. The van der Waals surface area contributed by atoms with Crippen LogP contribution in [-0.4, -0.2) is 80.5 Å². The third kappa shape index (κ3) is 8.68. The number of hydrogen-bond donors (Lipinski definition) is 7. The number of aldehydes is 1. The number of carboxylic acid groups (broad SMARTS) is 1. The highest BCUT2D eigenvalue weighted by molar-refractivity contribution is 5.68. The minimum absolute atomic E-state index is 0.0258. The number of aliphatic hydroxyl groups is 5. The quantitative estimate of drug-likeness (QED) is 0.230. The third-order valence-corrected chi connectivity index (χ3v) is 1.60. The molecule has 0 aliphatic carbocycles. The lowest BCUT2D eigenvalue weighted by atomic mass is 10.0. The van der Waals surface area contributed by atoms with Crippen molar-refractivity contribution >= 4 is 12.3 Å². The van der Waals surface area contributed by atoms with E-state index in [1.165, 1.54) is 0 Å². The van der Waals surface area contributed by atoms with Gasteiger partial charge in [-0.2, -0.15) is 0 Å². The zero-order valence-corrected chi connectivity index (χ0v) is 8.88. The second-order valence-electron chi connectivity index (χ2n) is 2.96. The van der Waals surface area contributed by atoms with Crippen LogP contribution >= 0.6 is 0 Å². The van der Waals surface area contributed by atoms with Crippen molar-refractivity contribution in [2.45, 2.75) is 24.4 Å². The molecule has 0 aliphatic rings. The third-order valence-electron chi connectivity index (χ3n) is 1.60. The maximum atomic E-state index is 9.90. The molecule has 17 heavy (non-hydrogen) atoms. The van der Waals surface area contributed by atoms with E-state index in [2.05, 4.69) is 5.73 Å². The van der Waals surface area contributed by atoms with Crippen molar-refractivity contribution in [1.29, 1.82) is 0 Å². The Morgan fingerprint density at radius 2 is 1.59 bits per heavy atom. The molecule has 9 nitrogen and oxygen atoms in total. The molecule has 0 aromatic heterocycles. The van der Waals surface area contributed by atoms with Gasteiger partial charge >= 0.3 is 5.97 Å². The SMILES string of the molecule is NCC(=O)O.O=CC(O)C(O)C(O)C(O)CO. The summed E-state index contributed by atoms with van der Waals surface area (Å²) in [5.74, 6) is -0.968. The zero-order valence-electron chi connectivity index (χ0n) is 8.88. The topological polar surface area (TPSA) is 182 Å². The summed E-state index contributed by atoms with van der Waals surface area (Å²) in [5.41, 5.74) is 4.57. The van der Waals surface area contributed by atoms with E-state index in [9.17, 15) is 9.59 Å². The molecule has 0 radical (unpaired) electrons. The summed E-state index contributed by atoms with van der Waals surface area (Å²) in [5, 5.41) is 51.1. The fourth-order valence-electron chi connectivity index (χ4n) is 0.618. The van der Waals surface area contributed by atoms with Gasteiger partial charge < -0.3 is 41.2 Å². The van der Waals surface area contributed by atoms with Gasteiger partial charge in [0.15, 0.2) is 6.29 Å². The van der Waals surface area contributed by atoms with Gasteiger partial charge in [-0.1, -0.05) is 0 Å². The molecule has 4 unspecified atom stereocenters. The van der Waals surface area contributed by atoms with Gasteiger partial charge in [-0.3, -0.25) is 4.79 Å². The molecule has 0 spiro atoms. The Labute approximate surface area is 96.7 Å². The molecule has 0 aromatic rings. The van der Waals surface area contributed by atoms with Crippen LogP contribution in [0, 0.1) is 0 Å². The molecule has 0 aromatic carbocycles. The van der Waals surface area contributed by atoms with Gasteiger partial charge in [0.1, 0.15) is 24.4 Å². The molecule has 9 heteroatoms. The van der Waals surface area contributed by atoms with Crippen LogP contribution in [0.25, 0.3) is 0 Å². The summed E-state index contributed by atoms with van der Waals surface area (Å²) < 4.78 is 0. The van der Waals surface area contributed by atoms with Crippen LogP contribution in [0.15, 0.2) is 0 Å². The molecular weight excluding hydrogens is 238 g/mol. The van der Waals surface area contributed by atoms with Gasteiger partial charge in [0, 0.05) is 0 Å². The van der Waals surface area contributed by atoms with Gasteiger partial charge in [0.2, 0.25) is 0 Å². The minimum atomic E-state index is -1.79. The summed E-state index contributed by atoms with van der Waals surface area (Å²) >= 11 is 0. The van der Waals surface area contributed by atoms with Crippen LogP contribution in [0.3, 0.4) is 0 Å². The largest absolute Gasteiger partial charge is 0.480 e. The molecule has 8 N–H and O–H groups in total. The van der Waals surface area contributed by atoms with E-state index >= 15 is 0 Å². The number of aliphatic carboxylic acids is 1. The Morgan fingerprint density at radius 3 is 1.82 bits per heavy atom. The lowest BCUT2D eigenvalue weighted by molar-refractivity contribution is -0.136. The molecule has 102 valence electrons. The predicted octanol–water partition coefficient (Wildman–Crippen LogP) is -4.35. The highest BCUT2D eigenvalue weighted by Gasteiger charge is 2.29. The first-order chi connectivity index (χ1) is 7.81. The Balaban J connectivity index is 0. The van der Waals surface area contributed by atoms with Crippen molar-refractivity contribution < 1.29 is 40.2 Å². The summed E-state index contributed by atoms with van der Waals surface area (Å²) in [6, 6.07) is 0. The molecule has 0 bridgehead atoms. The van der Waals surface area contributed by atoms with Gasteiger partial charge in [0.05, 0.1) is 13.2 Å². The summed E-state index contributed by atoms with van der Waals surface area (Å²) in [6.07, 6.45) is -6.84. The maximum absolute atomic E-state index is 9.90. The van der Waals surface area contributed by atoms with Gasteiger partial charge in [-0.25, -0.2) is 0 Å². The van der Waals surface area contributed by atoms with Crippen molar-refractivity contribution in [3.8, 4) is 0 Å². The van der Waals surface area contributed by atoms with Gasteiger partial charge in [-0.05, 0) is 0 Å². The highest BCUT2D eigenvalue weighted by atomic mass is 16.4. The van der Waals surface area contributed by atoms with E-state index in [1.54, 1.807) is 0 Å². The van der Waals surface area contributed by atoms with Crippen LogP contribution < -0.4 is 5.73 Å². The van der Waals surface area contributed by atoms with Crippen molar-refractivity contribution in [2.75, 3.05) is 13.2 Å². The molecule has 0 fully saturated rings. The number of rotatable bonds is 6. The first kappa shape index (κ1) is 18.3. The van der Waals surface area contributed by atoms with E-state index in [0.717, 1.165) is 0 Å². The van der Waals surface area contributed by atoms with Crippen LogP contribution in [0.5, 0.6) is 0 Å². The molecule has 0 aliphatic heterocycles.